The first-order valence-corrected chi connectivity index (χ1v) is 5.24. The number of nitrogens with two attached hydrogens (primary N) is 1. The van der Waals surface area contributed by atoms with E-state index in [9.17, 15) is 4.79 Å². The molecule has 0 aromatic carbocycles. The molecule has 0 bridgehead atoms. The van der Waals surface area contributed by atoms with Gasteiger partial charge in [0.1, 0.15) is 0 Å². The lowest BCUT2D eigenvalue weighted by molar-refractivity contribution is 0.1000. The highest BCUT2D eigenvalue weighted by Gasteiger charge is 2.17. The Balaban J connectivity index is 2.19. The van der Waals surface area contributed by atoms with Crippen molar-refractivity contribution in [2.24, 2.45) is 5.73 Å². The first kappa shape index (κ1) is 10.1. The standard InChI is InChI=1S/C11H15N3O/c12-11(15)9-3-6-14-10(7-9)8-1-4-13-5-2-8/h3,6-8,13H,1-2,4-5H2,(H2,12,15). The Morgan fingerprint density at radius 1 is 1.47 bits per heavy atom. The van der Waals surface area contributed by atoms with Gasteiger partial charge < -0.3 is 11.1 Å². The van der Waals surface area contributed by atoms with Crippen molar-refractivity contribution >= 4 is 5.91 Å². The molecule has 2 rings (SSSR count). The highest BCUT2D eigenvalue weighted by Crippen LogP contribution is 2.23. The van der Waals surface area contributed by atoms with Gasteiger partial charge in [-0.2, -0.15) is 0 Å². The van der Waals surface area contributed by atoms with Gasteiger partial charge in [0, 0.05) is 23.4 Å². The van der Waals surface area contributed by atoms with E-state index >= 15 is 0 Å². The molecule has 1 amide bonds. The van der Waals surface area contributed by atoms with Crippen molar-refractivity contribution in [2.75, 3.05) is 13.1 Å². The van der Waals surface area contributed by atoms with Crippen LogP contribution < -0.4 is 11.1 Å². The smallest absolute Gasteiger partial charge is 0.248 e. The molecular weight excluding hydrogens is 190 g/mol. The fourth-order valence-electron chi connectivity index (χ4n) is 1.94. The van der Waals surface area contributed by atoms with Crippen LogP contribution in [0.4, 0.5) is 0 Å². The van der Waals surface area contributed by atoms with Gasteiger partial charge in [-0.3, -0.25) is 9.78 Å². The summed E-state index contributed by atoms with van der Waals surface area (Å²) in [6.07, 6.45) is 3.82. The van der Waals surface area contributed by atoms with Crippen molar-refractivity contribution in [3.05, 3.63) is 29.6 Å². The minimum atomic E-state index is -0.382. The van der Waals surface area contributed by atoms with Gasteiger partial charge in [0.25, 0.3) is 0 Å². The Morgan fingerprint density at radius 3 is 2.87 bits per heavy atom. The molecule has 1 aromatic rings. The van der Waals surface area contributed by atoms with Gasteiger partial charge in [0.15, 0.2) is 0 Å². The second-order valence-electron chi connectivity index (χ2n) is 3.86. The van der Waals surface area contributed by atoms with Gasteiger partial charge in [-0.15, -0.1) is 0 Å². The second kappa shape index (κ2) is 4.40. The van der Waals surface area contributed by atoms with E-state index in [2.05, 4.69) is 10.3 Å². The number of amides is 1. The van der Waals surface area contributed by atoms with E-state index in [1.54, 1.807) is 12.3 Å². The number of carbonyl (C=O) groups is 1. The summed E-state index contributed by atoms with van der Waals surface area (Å²) >= 11 is 0. The van der Waals surface area contributed by atoms with Crippen LogP contribution >= 0.6 is 0 Å². The lowest BCUT2D eigenvalue weighted by Gasteiger charge is -2.22. The third-order valence-electron chi connectivity index (χ3n) is 2.82. The third kappa shape index (κ3) is 2.33. The Hall–Kier alpha value is -1.42. The number of nitrogens with zero attached hydrogens (tertiary/aromatic N) is 1. The van der Waals surface area contributed by atoms with Gasteiger partial charge >= 0.3 is 0 Å². The number of primary amides is 1. The topological polar surface area (TPSA) is 68.0 Å². The molecule has 80 valence electrons. The van der Waals surface area contributed by atoms with Crippen LogP contribution in [0.5, 0.6) is 0 Å². The number of pyridine rings is 1. The minimum absolute atomic E-state index is 0.382. The van der Waals surface area contributed by atoms with Crippen LogP contribution in [0.3, 0.4) is 0 Å². The maximum atomic E-state index is 11.0. The average molecular weight is 205 g/mol. The van der Waals surface area contributed by atoms with Gasteiger partial charge in [-0.25, -0.2) is 0 Å². The zero-order valence-electron chi connectivity index (χ0n) is 8.57. The maximum absolute atomic E-state index is 11.0. The number of carbonyl (C=O) groups excluding carboxylic acids is 1. The van der Waals surface area contributed by atoms with E-state index in [1.165, 1.54) is 0 Å². The molecular formula is C11H15N3O. The van der Waals surface area contributed by atoms with Gasteiger partial charge in [0.05, 0.1) is 0 Å². The molecule has 1 aromatic heterocycles. The molecule has 0 saturated carbocycles. The molecule has 4 nitrogen and oxygen atoms in total. The largest absolute Gasteiger partial charge is 0.366 e. The fourth-order valence-corrected chi connectivity index (χ4v) is 1.94. The lowest BCUT2D eigenvalue weighted by atomic mass is 9.93. The molecule has 0 radical (unpaired) electrons. The van der Waals surface area contributed by atoms with Crippen LogP contribution in [0.1, 0.15) is 34.8 Å². The Kier molecular flexibility index (Phi) is 2.97. The minimum Gasteiger partial charge on any atom is -0.366 e. The molecule has 2 heterocycles. The number of hydrogen-bond donors (Lipinski definition) is 2. The van der Waals surface area contributed by atoms with Crippen LogP contribution in [0.25, 0.3) is 0 Å². The van der Waals surface area contributed by atoms with E-state index in [0.717, 1.165) is 31.6 Å². The maximum Gasteiger partial charge on any atom is 0.248 e. The predicted octanol–water partition coefficient (Wildman–Crippen LogP) is 0.647. The summed E-state index contributed by atoms with van der Waals surface area (Å²) in [6, 6.07) is 3.48. The van der Waals surface area contributed by atoms with Crippen LogP contribution in [0, 0.1) is 0 Å². The molecule has 4 heteroatoms. The van der Waals surface area contributed by atoms with E-state index in [4.69, 9.17) is 5.73 Å². The molecule has 0 spiro atoms. The van der Waals surface area contributed by atoms with Gasteiger partial charge in [-0.1, -0.05) is 0 Å². The predicted molar refractivity (Wildman–Crippen MR) is 57.6 cm³/mol. The molecule has 3 N–H and O–H groups in total. The summed E-state index contributed by atoms with van der Waals surface area (Å²) in [5.41, 5.74) is 6.78. The second-order valence-corrected chi connectivity index (χ2v) is 3.86. The van der Waals surface area contributed by atoms with Crippen LogP contribution in [0.2, 0.25) is 0 Å². The Labute approximate surface area is 88.9 Å². The first-order valence-electron chi connectivity index (χ1n) is 5.24. The van der Waals surface area contributed by atoms with Crippen molar-refractivity contribution in [1.29, 1.82) is 0 Å². The number of aromatic nitrogens is 1. The fraction of sp³-hybridized carbons (Fsp3) is 0.455. The van der Waals surface area contributed by atoms with Crippen molar-refractivity contribution < 1.29 is 4.79 Å². The zero-order valence-corrected chi connectivity index (χ0v) is 8.57. The van der Waals surface area contributed by atoms with Crippen LogP contribution in [-0.4, -0.2) is 24.0 Å². The Morgan fingerprint density at radius 2 is 2.20 bits per heavy atom. The van der Waals surface area contributed by atoms with E-state index in [1.807, 2.05) is 6.07 Å². The summed E-state index contributed by atoms with van der Waals surface area (Å²) < 4.78 is 0. The molecule has 1 aliphatic heterocycles. The third-order valence-corrected chi connectivity index (χ3v) is 2.82. The summed E-state index contributed by atoms with van der Waals surface area (Å²) in [5, 5.41) is 3.30. The summed E-state index contributed by atoms with van der Waals surface area (Å²) in [5.74, 6) is 0.0816. The highest BCUT2D eigenvalue weighted by atomic mass is 16.1. The summed E-state index contributed by atoms with van der Waals surface area (Å²) in [4.78, 5) is 15.3. The average Bonchev–Trinajstić information content (AvgIpc) is 2.30. The molecule has 1 fully saturated rings. The number of rotatable bonds is 2. The summed E-state index contributed by atoms with van der Waals surface area (Å²) in [6.45, 7) is 2.04. The molecule has 0 aliphatic carbocycles. The number of nitrogens with one attached hydrogen (secondary N) is 1. The number of piperidine rings is 1. The summed E-state index contributed by atoms with van der Waals surface area (Å²) in [7, 11) is 0. The van der Waals surface area contributed by atoms with E-state index in [-0.39, 0.29) is 5.91 Å². The quantitative estimate of drug-likeness (QED) is 0.744. The van der Waals surface area contributed by atoms with Crippen molar-refractivity contribution in [3.63, 3.8) is 0 Å². The van der Waals surface area contributed by atoms with Gasteiger partial charge in [0.2, 0.25) is 5.91 Å². The van der Waals surface area contributed by atoms with Crippen LogP contribution in [-0.2, 0) is 0 Å². The Bertz CT molecular complexity index is 359. The van der Waals surface area contributed by atoms with Crippen LogP contribution in [0.15, 0.2) is 18.3 Å². The van der Waals surface area contributed by atoms with Crippen molar-refractivity contribution in [1.82, 2.24) is 10.3 Å². The SMILES string of the molecule is NC(=O)c1ccnc(C2CCNCC2)c1. The molecule has 15 heavy (non-hydrogen) atoms. The molecule has 1 saturated heterocycles. The first-order chi connectivity index (χ1) is 7.27. The molecule has 0 atom stereocenters. The number of hydrogen-bond acceptors (Lipinski definition) is 3. The van der Waals surface area contributed by atoms with Gasteiger partial charge in [-0.05, 0) is 38.1 Å². The van der Waals surface area contributed by atoms with E-state index in [0.29, 0.717) is 11.5 Å². The lowest BCUT2D eigenvalue weighted by Crippen LogP contribution is -2.27. The zero-order chi connectivity index (χ0) is 10.7. The highest BCUT2D eigenvalue weighted by molar-refractivity contribution is 5.92. The normalized spacial score (nSPS) is 17.6. The molecule has 0 unspecified atom stereocenters. The van der Waals surface area contributed by atoms with E-state index < -0.39 is 0 Å². The van der Waals surface area contributed by atoms with Crippen molar-refractivity contribution in [3.8, 4) is 0 Å². The molecule has 1 aliphatic rings. The van der Waals surface area contributed by atoms with Crippen molar-refractivity contribution in [2.45, 2.75) is 18.8 Å². The monoisotopic (exact) mass is 205 g/mol.